The van der Waals surface area contributed by atoms with E-state index < -0.39 is 11.9 Å². The normalized spacial score (nSPS) is 15.2. The summed E-state index contributed by atoms with van der Waals surface area (Å²) < 4.78 is 4.25. The van der Waals surface area contributed by atoms with Crippen molar-refractivity contribution in [3.63, 3.8) is 0 Å². The lowest BCUT2D eigenvalue weighted by atomic mass is 10.2. The van der Waals surface area contributed by atoms with Crippen molar-refractivity contribution in [1.29, 1.82) is 0 Å². The van der Waals surface area contributed by atoms with Crippen LogP contribution in [0.1, 0.15) is 25.7 Å². The third-order valence-corrected chi connectivity index (χ3v) is 2.14. The quantitative estimate of drug-likeness (QED) is 0.393. The first-order valence-electron chi connectivity index (χ1n) is 4.60. The van der Waals surface area contributed by atoms with Crippen LogP contribution in [0.5, 0.6) is 0 Å². The van der Waals surface area contributed by atoms with Gasteiger partial charge < -0.3 is 10.1 Å². The molecule has 1 saturated carbocycles. The van der Waals surface area contributed by atoms with E-state index in [1.54, 1.807) is 0 Å². The molecule has 0 atom stereocenters. The van der Waals surface area contributed by atoms with Gasteiger partial charge in [0.15, 0.2) is 0 Å². The Bertz CT molecular complexity index is 199. The topological polar surface area (TPSA) is 55.4 Å². The van der Waals surface area contributed by atoms with Crippen molar-refractivity contribution in [2.24, 2.45) is 5.92 Å². The number of nitrogens with one attached hydrogen (secondary N) is 1. The predicted octanol–water partition coefficient (Wildman–Crippen LogP) is 0.466. The van der Waals surface area contributed by atoms with Crippen LogP contribution in [0.2, 0.25) is 0 Å². The average molecular weight is 185 g/mol. The van der Waals surface area contributed by atoms with Gasteiger partial charge >= 0.3 is 11.9 Å². The van der Waals surface area contributed by atoms with Crippen LogP contribution < -0.4 is 5.32 Å². The largest absolute Gasteiger partial charge is 0.462 e. The van der Waals surface area contributed by atoms with Crippen LogP contribution in [-0.4, -0.2) is 25.5 Å². The van der Waals surface area contributed by atoms with Gasteiger partial charge in [0.25, 0.3) is 0 Å². The van der Waals surface area contributed by atoms with Gasteiger partial charge in [0.05, 0.1) is 7.11 Å². The molecule has 1 rings (SSSR count). The number of esters is 1. The second-order valence-electron chi connectivity index (χ2n) is 3.33. The molecule has 4 heteroatoms. The first kappa shape index (κ1) is 10.0. The maximum Gasteiger partial charge on any atom is 0.396 e. The molecule has 13 heavy (non-hydrogen) atoms. The number of carbonyl (C=O) groups is 2. The van der Waals surface area contributed by atoms with Crippen LogP contribution in [0.4, 0.5) is 0 Å². The highest BCUT2D eigenvalue weighted by Crippen LogP contribution is 2.33. The van der Waals surface area contributed by atoms with Crippen LogP contribution >= 0.6 is 0 Å². The first-order chi connectivity index (χ1) is 6.24. The Morgan fingerprint density at radius 3 is 2.69 bits per heavy atom. The van der Waals surface area contributed by atoms with E-state index in [1.807, 2.05) is 0 Å². The molecule has 74 valence electrons. The third kappa shape index (κ3) is 3.92. The summed E-state index contributed by atoms with van der Waals surface area (Å²) in [6, 6.07) is 0. The smallest absolute Gasteiger partial charge is 0.396 e. The molecule has 0 saturated heterocycles. The Morgan fingerprint density at radius 1 is 1.46 bits per heavy atom. The minimum absolute atomic E-state index is 0.574. The highest BCUT2D eigenvalue weighted by molar-refractivity contribution is 6.32. The number of hydrogen-bond acceptors (Lipinski definition) is 3. The third-order valence-electron chi connectivity index (χ3n) is 2.14. The van der Waals surface area contributed by atoms with Gasteiger partial charge in [-0.1, -0.05) is 12.8 Å². The van der Waals surface area contributed by atoms with E-state index >= 15 is 0 Å². The molecule has 0 aromatic carbocycles. The molecule has 0 bridgehead atoms. The van der Waals surface area contributed by atoms with Gasteiger partial charge in [-0.05, 0) is 18.8 Å². The van der Waals surface area contributed by atoms with Crippen LogP contribution in [0.3, 0.4) is 0 Å². The number of rotatable bonds is 4. The zero-order valence-corrected chi connectivity index (χ0v) is 7.84. The second-order valence-corrected chi connectivity index (χ2v) is 3.33. The van der Waals surface area contributed by atoms with Crippen molar-refractivity contribution in [2.75, 3.05) is 13.7 Å². The maximum atomic E-state index is 10.8. The number of ether oxygens (including phenoxy) is 1. The molecule has 0 spiro atoms. The van der Waals surface area contributed by atoms with Gasteiger partial charge in [0.1, 0.15) is 0 Å². The fourth-order valence-corrected chi connectivity index (χ4v) is 1.16. The summed E-state index contributed by atoms with van der Waals surface area (Å²) in [5, 5.41) is 2.50. The molecule has 0 aliphatic heterocycles. The first-order valence-corrected chi connectivity index (χ1v) is 4.60. The summed E-state index contributed by atoms with van der Waals surface area (Å²) in [6.45, 7) is 0.574. The molecule has 1 amide bonds. The van der Waals surface area contributed by atoms with Crippen molar-refractivity contribution in [2.45, 2.75) is 25.7 Å². The molecule has 4 nitrogen and oxygen atoms in total. The van der Waals surface area contributed by atoms with E-state index in [4.69, 9.17) is 0 Å². The van der Waals surface area contributed by atoms with E-state index in [0.717, 1.165) is 18.8 Å². The molecule has 1 fully saturated rings. The van der Waals surface area contributed by atoms with Crippen molar-refractivity contribution in [1.82, 2.24) is 5.32 Å². The SMILES string of the molecule is COC(=O)C(=O)NCCCC1CC1. The highest BCUT2D eigenvalue weighted by atomic mass is 16.5. The Balaban J connectivity index is 1.97. The fraction of sp³-hybridized carbons (Fsp3) is 0.778. The fourth-order valence-electron chi connectivity index (χ4n) is 1.16. The minimum atomic E-state index is -0.813. The zero-order chi connectivity index (χ0) is 9.68. The molecular formula is C9H15NO3. The monoisotopic (exact) mass is 185 g/mol. The van der Waals surface area contributed by atoms with Gasteiger partial charge in [-0.2, -0.15) is 0 Å². The highest BCUT2D eigenvalue weighted by Gasteiger charge is 2.20. The molecule has 0 unspecified atom stereocenters. The minimum Gasteiger partial charge on any atom is -0.462 e. The summed E-state index contributed by atoms with van der Waals surface area (Å²) in [6.07, 6.45) is 4.75. The Morgan fingerprint density at radius 2 is 2.15 bits per heavy atom. The molecular weight excluding hydrogens is 170 g/mol. The number of hydrogen-bond donors (Lipinski definition) is 1. The van der Waals surface area contributed by atoms with Crippen LogP contribution in [0, 0.1) is 5.92 Å². The standard InChI is InChI=1S/C9H15NO3/c1-13-9(12)8(11)10-6-2-3-7-4-5-7/h7H,2-6H2,1H3,(H,10,11). The van der Waals surface area contributed by atoms with Gasteiger partial charge in [0.2, 0.25) is 0 Å². The van der Waals surface area contributed by atoms with Gasteiger partial charge in [-0.25, -0.2) is 4.79 Å². The lowest BCUT2D eigenvalue weighted by Gasteiger charge is -2.02. The summed E-state index contributed by atoms with van der Waals surface area (Å²) in [4.78, 5) is 21.5. The molecule has 0 heterocycles. The second kappa shape index (κ2) is 4.84. The summed E-state index contributed by atoms with van der Waals surface area (Å²) in [7, 11) is 1.20. The van der Waals surface area contributed by atoms with Crippen molar-refractivity contribution in [3.8, 4) is 0 Å². The zero-order valence-electron chi connectivity index (χ0n) is 7.84. The van der Waals surface area contributed by atoms with Crippen molar-refractivity contribution in [3.05, 3.63) is 0 Å². The molecule has 1 aliphatic carbocycles. The van der Waals surface area contributed by atoms with Crippen molar-refractivity contribution < 1.29 is 14.3 Å². The van der Waals surface area contributed by atoms with E-state index in [0.29, 0.717) is 6.54 Å². The number of methoxy groups -OCH3 is 1. The van der Waals surface area contributed by atoms with E-state index in [2.05, 4.69) is 10.1 Å². The Kier molecular flexibility index (Phi) is 3.73. The predicted molar refractivity (Wildman–Crippen MR) is 47.0 cm³/mol. The number of carbonyl (C=O) groups excluding carboxylic acids is 2. The molecule has 0 aromatic rings. The van der Waals surface area contributed by atoms with E-state index in [9.17, 15) is 9.59 Å². The summed E-state index contributed by atoms with van der Waals surface area (Å²) in [5.41, 5.74) is 0. The summed E-state index contributed by atoms with van der Waals surface area (Å²) in [5.74, 6) is -0.584. The Labute approximate surface area is 77.6 Å². The van der Waals surface area contributed by atoms with Gasteiger partial charge in [-0.15, -0.1) is 0 Å². The summed E-state index contributed by atoms with van der Waals surface area (Å²) >= 11 is 0. The van der Waals surface area contributed by atoms with Gasteiger partial charge in [-0.3, -0.25) is 4.79 Å². The van der Waals surface area contributed by atoms with Crippen LogP contribution in [0.25, 0.3) is 0 Å². The van der Waals surface area contributed by atoms with E-state index in [-0.39, 0.29) is 0 Å². The van der Waals surface area contributed by atoms with Crippen LogP contribution in [0.15, 0.2) is 0 Å². The molecule has 1 aliphatic rings. The number of amides is 1. The van der Waals surface area contributed by atoms with Crippen LogP contribution in [-0.2, 0) is 14.3 Å². The lowest BCUT2D eigenvalue weighted by Crippen LogP contribution is -2.32. The maximum absolute atomic E-state index is 10.8. The molecule has 0 aromatic heterocycles. The molecule has 0 radical (unpaired) electrons. The van der Waals surface area contributed by atoms with E-state index in [1.165, 1.54) is 20.0 Å². The Hall–Kier alpha value is -1.06. The lowest BCUT2D eigenvalue weighted by molar-refractivity contribution is -0.152. The average Bonchev–Trinajstić information content (AvgIpc) is 2.94. The van der Waals surface area contributed by atoms with Crippen molar-refractivity contribution >= 4 is 11.9 Å². The molecule has 1 N–H and O–H groups in total. The van der Waals surface area contributed by atoms with Gasteiger partial charge in [0, 0.05) is 6.54 Å².